The number of unbranched alkanes of at least 4 members (excludes halogenated alkanes) is 3. The van der Waals surface area contributed by atoms with E-state index in [4.69, 9.17) is 9.84 Å². The van der Waals surface area contributed by atoms with E-state index < -0.39 is 4.92 Å². The average Bonchev–Trinajstić information content (AvgIpc) is 2.35. The van der Waals surface area contributed by atoms with E-state index >= 15 is 0 Å². The molecule has 0 aliphatic heterocycles. The average molecular weight is 318 g/mol. The molecule has 0 bridgehead atoms. The Hall–Kier alpha value is -1.14. The van der Waals surface area contributed by atoms with Gasteiger partial charge in [-0.05, 0) is 31.4 Å². The quantitative estimate of drug-likeness (QED) is 0.453. The molecule has 1 N–H and O–H groups in total. The molecule has 0 aliphatic rings. The van der Waals surface area contributed by atoms with Crippen molar-refractivity contribution in [1.82, 2.24) is 0 Å². The molecule has 0 radical (unpaired) electrons. The second kappa shape index (κ2) is 8.05. The van der Waals surface area contributed by atoms with Crippen LogP contribution >= 0.6 is 15.9 Å². The second-order valence-electron chi connectivity index (χ2n) is 3.86. The Kier molecular flexibility index (Phi) is 6.67. The van der Waals surface area contributed by atoms with Crippen molar-refractivity contribution in [1.29, 1.82) is 0 Å². The molecule has 0 saturated carbocycles. The largest absolute Gasteiger partial charge is 0.487 e. The van der Waals surface area contributed by atoms with Crippen LogP contribution in [0.5, 0.6) is 5.75 Å². The van der Waals surface area contributed by atoms with E-state index in [2.05, 4.69) is 15.9 Å². The monoisotopic (exact) mass is 317 g/mol. The van der Waals surface area contributed by atoms with Gasteiger partial charge in [0.1, 0.15) is 0 Å². The molecule has 18 heavy (non-hydrogen) atoms. The Morgan fingerprint density at radius 1 is 1.28 bits per heavy atom. The van der Waals surface area contributed by atoms with Gasteiger partial charge in [-0.1, -0.05) is 22.4 Å². The fourth-order valence-corrected chi connectivity index (χ4v) is 1.85. The summed E-state index contributed by atoms with van der Waals surface area (Å²) in [5, 5.41) is 19.4. The first-order valence-corrected chi connectivity index (χ1v) is 6.62. The van der Waals surface area contributed by atoms with Gasteiger partial charge in [0.05, 0.1) is 11.5 Å². The molecule has 0 saturated heterocycles. The highest BCUT2D eigenvalue weighted by molar-refractivity contribution is 9.10. The van der Waals surface area contributed by atoms with Crippen LogP contribution in [0.2, 0.25) is 0 Å². The molecular formula is C12H16BrNO4. The number of nitrogens with zero attached hydrogens (tertiary/aromatic N) is 1. The summed E-state index contributed by atoms with van der Waals surface area (Å²) >= 11 is 3.19. The normalized spacial score (nSPS) is 10.3. The molecule has 1 aromatic carbocycles. The summed E-state index contributed by atoms with van der Waals surface area (Å²) in [7, 11) is 0. The Labute approximate surface area is 114 Å². The molecule has 1 aromatic rings. The number of hydrogen-bond donors (Lipinski definition) is 1. The van der Waals surface area contributed by atoms with Crippen LogP contribution in [0.15, 0.2) is 22.7 Å². The summed E-state index contributed by atoms with van der Waals surface area (Å²) in [6.45, 7) is 0.660. The maximum absolute atomic E-state index is 10.8. The molecule has 0 aliphatic carbocycles. The topological polar surface area (TPSA) is 72.6 Å². The number of hydrogen-bond acceptors (Lipinski definition) is 4. The lowest BCUT2D eigenvalue weighted by molar-refractivity contribution is -0.385. The Balaban J connectivity index is 2.44. The lowest BCUT2D eigenvalue weighted by atomic mass is 10.2. The zero-order valence-electron chi connectivity index (χ0n) is 9.97. The van der Waals surface area contributed by atoms with Crippen molar-refractivity contribution in [3.63, 3.8) is 0 Å². The summed E-state index contributed by atoms with van der Waals surface area (Å²) < 4.78 is 6.07. The highest BCUT2D eigenvalue weighted by Crippen LogP contribution is 2.30. The van der Waals surface area contributed by atoms with Gasteiger partial charge in [-0.3, -0.25) is 10.1 Å². The van der Waals surface area contributed by atoms with E-state index in [-0.39, 0.29) is 12.3 Å². The number of aliphatic hydroxyl groups is 1. The van der Waals surface area contributed by atoms with Gasteiger partial charge in [-0.25, -0.2) is 0 Å². The highest BCUT2D eigenvalue weighted by atomic mass is 79.9. The fraction of sp³-hybridized carbons (Fsp3) is 0.500. The zero-order valence-corrected chi connectivity index (χ0v) is 11.6. The fourth-order valence-electron chi connectivity index (χ4n) is 1.50. The third-order valence-corrected chi connectivity index (χ3v) is 2.92. The minimum absolute atomic E-state index is 0.0280. The third kappa shape index (κ3) is 5.01. The first-order valence-electron chi connectivity index (χ1n) is 5.82. The van der Waals surface area contributed by atoms with Gasteiger partial charge in [0.15, 0.2) is 5.75 Å². The number of aliphatic hydroxyl groups excluding tert-OH is 1. The van der Waals surface area contributed by atoms with Crippen molar-refractivity contribution in [3.8, 4) is 5.75 Å². The molecule has 6 heteroatoms. The number of ether oxygens (including phenoxy) is 1. The molecule has 0 aromatic heterocycles. The molecule has 0 unspecified atom stereocenters. The van der Waals surface area contributed by atoms with Crippen LogP contribution in [0.1, 0.15) is 25.7 Å². The van der Waals surface area contributed by atoms with Gasteiger partial charge in [0.25, 0.3) is 0 Å². The van der Waals surface area contributed by atoms with Gasteiger partial charge in [-0.2, -0.15) is 0 Å². The van der Waals surface area contributed by atoms with Crippen molar-refractivity contribution < 1.29 is 14.8 Å². The molecule has 0 amide bonds. The molecule has 5 nitrogen and oxygen atoms in total. The van der Waals surface area contributed by atoms with Crippen molar-refractivity contribution in [2.24, 2.45) is 0 Å². The number of halogens is 1. The van der Waals surface area contributed by atoms with Crippen molar-refractivity contribution >= 4 is 21.6 Å². The number of rotatable bonds is 8. The summed E-state index contributed by atoms with van der Waals surface area (Å²) in [4.78, 5) is 10.4. The molecule has 0 atom stereocenters. The minimum Gasteiger partial charge on any atom is -0.487 e. The molecule has 1 rings (SSSR count). The van der Waals surface area contributed by atoms with Gasteiger partial charge in [-0.15, -0.1) is 0 Å². The summed E-state index contributed by atoms with van der Waals surface area (Å²) in [5.41, 5.74) is -0.0280. The molecule has 0 fully saturated rings. The Morgan fingerprint density at radius 2 is 2.00 bits per heavy atom. The van der Waals surface area contributed by atoms with Crippen LogP contribution in [0, 0.1) is 10.1 Å². The van der Waals surface area contributed by atoms with Gasteiger partial charge in [0.2, 0.25) is 0 Å². The van der Waals surface area contributed by atoms with Crippen LogP contribution in [-0.4, -0.2) is 23.2 Å². The van der Waals surface area contributed by atoms with Gasteiger partial charge >= 0.3 is 5.69 Å². The molecular weight excluding hydrogens is 302 g/mol. The van der Waals surface area contributed by atoms with Crippen molar-refractivity contribution in [2.75, 3.05) is 13.2 Å². The van der Waals surface area contributed by atoms with Crippen LogP contribution in [-0.2, 0) is 0 Å². The van der Waals surface area contributed by atoms with Crippen molar-refractivity contribution in [2.45, 2.75) is 25.7 Å². The lowest BCUT2D eigenvalue weighted by Crippen LogP contribution is -2.00. The van der Waals surface area contributed by atoms with E-state index in [0.29, 0.717) is 16.8 Å². The number of nitro groups is 1. The summed E-state index contributed by atoms with van der Waals surface area (Å²) in [5.74, 6) is 0.297. The van der Waals surface area contributed by atoms with Crippen LogP contribution in [0.3, 0.4) is 0 Å². The van der Waals surface area contributed by atoms with Gasteiger partial charge in [0, 0.05) is 17.1 Å². The minimum atomic E-state index is -0.453. The first-order chi connectivity index (χ1) is 8.65. The Morgan fingerprint density at radius 3 is 2.67 bits per heavy atom. The van der Waals surface area contributed by atoms with Crippen LogP contribution < -0.4 is 4.74 Å². The van der Waals surface area contributed by atoms with E-state index in [1.54, 1.807) is 12.1 Å². The smallest absolute Gasteiger partial charge is 0.312 e. The predicted octanol–water partition coefficient (Wildman–Crippen LogP) is 3.29. The standard InChI is InChI=1S/C12H16BrNO4/c13-10-5-6-12(11(9-10)14(16)17)18-8-4-2-1-3-7-15/h5-6,9,15H,1-4,7-8H2. The lowest BCUT2D eigenvalue weighted by Gasteiger charge is -2.06. The third-order valence-electron chi connectivity index (χ3n) is 2.43. The zero-order chi connectivity index (χ0) is 13.4. The maximum Gasteiger partial charge on any atom is 0.312 e. The highest BCUT2D eigenvalue weighted by Gasteiger charge is 2.15. The molecule has 0 spiro atoms. The maximum atomic E-state index is 10.8. The SMILES string of the molecule is O=[N+]([O-])c1cc(Br)ccc1OCCCCCCO. The van der Waals surface area contributed by atoms with E-state index in [1.807, 2.05) is 0 Å². The van der Waals surface area contributed by atoms with E-state index in [0.717, 1.165) is 25.7 Å². The second-order valence-corrected chi connectivity index (χ2v) is 4.77. The van der Waals surface area contributed by atoms with Crippen LogP contribution in [0.4, 0.5) is 5.69 Å². The number of nitro benzene ring substituents is 1. The van der Waals surface area contributed by atoms with Gasteiger partial charge < -0.3 is 9.84 Å². The predicted molar refractivity (Wildman–Crippen MR) is 71.8 cm³/mol. The van der Waals surface area contributed by atoms with E-state index in [9.17, 15) is 10.1 Å². The summed E-state index contributed by atoms with van der Waals surface area (Å²) in [6, 6.07) is 4.74. The number of benzene rings is 1. The summed E-state index contributed by atoms with van der Waals surface area (Å²) in [6.07, 6.45) is 3.51. The Bertz CT molecular complexity index is 398. The van der Waals surface area contributed by atoms with Crippen molar-refractivity contribution in [3.05, 3.63) is 32.8 Å². The molecule has 0 heterocycles. The molecule has 100 valence electrons. The van der Waals surface area contributed by atoms with E-state index in [1.165, 1.54) is 6.07 Å². The first kappa shape index (κ1) is 14.9. The van der Waals surface area contributed by atoms with Crippen LogP contribution in [0.25, 0.3) is 0 Å².